The monoisotopic (exact) mass is 1110 g/mol. The summed E-state index contributed by atoms with van der Waals surface area (Å²) in [4.78, 5) is 14.6. The van der Waals surface area contributed by atoms with Crippen LogP contribution in [0, 0.1) is 23.7 Å². The quantitative estimate of drug-likeness (QED) is 0.251. The smallest absolute Gasteiger partial charge is 0.308 e. The average Bonchev–Trinajstić information content (AvgIpc) is 4.46. The van der Waals surface area contributed by atoms with Gasteiger partial charge in [-0.3, -0.25) is 4.79 Å². The zero-order valence-electron chi connectivity index (χ0n) is 46.5. The summed E-state index contributed by atoms with van der Waals surface area (Å²) in [5.74, 6) is -2.77. The van der Waals surface area contributed by atoms with Crippen LogP contribution in [0.15, 0.2) is 24.3 Å². The first-order valence-corrected chi connectivity index (χ1v) is 30.8. The summed E-state index contributed by atoms with van der Waals surface area (Å²) in [6, 6.07) is 0. The van der Waals surface area contributed by atoms with Crippen molar-refractivity contribution in [1.82, 2.24) is 0 Å². The minimum atomic E-state index is -1.02. The van der Waals surface area contributed by atoms with Crippen molar-refractivity contribution < 1.29 is 91.2 Å². The largest absolute Gasteiger partial charge is 0.459 e. The van der Waals surface area contributed by atoms with Gasteiger partial charge in [0.25, 0.3) is 0 Å². The fourth-order valence-electron chi connectivity index (χ4n) is 18.2. The highest BCUT2D eigenvalue weighted by atomic mass is 16.8. The molecule has 3 N–H and O–H groups in total. The summed E-state index contributed by atoms with van der Waals surface area (Å²) in [6.07, 6.45) is 2.17. The SMILES string of the molecule is C=C1C[C@H]2CCC34C[C@@H]5O[C@@H]6[C@@H](O[C@@H]7CC[C@H](CC(=O)O[C@@H]8[C@H](C)[C@@H]9O[C@@H]%10CC%11(C[C@H]%12O[C@]%13(C[C@H](C)[C@@H]%14O[C@H]([C@@H](O)C[C@@H](O)CO)C[C@@H]%14O%13)C[C@H](C)[C@@H]%12O%11)O[C@@H]%10C[C@@H]9O[C@H]8C[C@H]8O[C@H](CC[C@H]1O2)C[C@@H](C)C8=C)O[C@@H]7[C@@H]6O3)[C@H]5O4. The van der Waals surface area contributed by atoms with Crippen molar-refractivity contribution in [3.8, 4) is 0 Å². The maximum atomic E-state index is 14.6. The number of rotatable bonds is 4. The van der Waals surface area contributed by atoms with Gasteiger partial charge in [-0.05, 0) is 73.8 Å². The van der Waals surface area contributed by atoms with Crippen molar-refractivity contribution in [3.05, 3.63) is 24.3 Å². The van der Waals surface area contributed by atoms with E-state index in [0.29, 0.717) is 64.2 Å². The van der Waals surface area contributed by atoms with E-state index < -0.39 is 72.8 Å². The molecule has 16 aliphatic rings. The van der Waals surface area contributed by atoms with Gasteiger partial charge in [0.15, 0.2) is 17.4 Å². The van der Waals surface area contributed by atoms with Crippen LogP contribution in [0.5, 0.6) is 0 Å². The fraction of sp³-hybridized carbons (Fsp3) is 0.917. The fourth-order valence-corrected chi connectivity index (χ4v) is 18.2. The van der Waals surface area contributed by atoms with Gasteiger partial charge in [-0.15, -0.1) is 0 Å². The highest BCUT2D eigenvalue weighted by Gasteiger charge is 2.70. The molecule has 0 amide bonds. The maximum absolute atomic E-state index is 14.6. The Morgan fingerprint density at radius 1 is 0.506 bits per heavy atom. The Balaban J connectivity index is 0.655. The molecule has 16 saturated heterocycles. The van der Waals surface area contributed by atoms with Gasteiger partial charge in [0.2, 0.25) is 0 Å². The summed E-state index contributed by atoms with van der Waals surface area (Å²) in [5.41, 5.74) is 2.15. The second-order valence-electron chi connectivity index (χ2n) is 27.5. The van der Waals surface area contributed by atoms with Crippen LogP contribution >= 0.6 is 0 Å². The predicted molar refractivity (Wildman–Crippen MR) is 274 cm³/mol. The molecule has 0 radical (unpaired) electrons. The second-order valence-corrected chi connectivity index (χ2v) is 27.5. The number of carbonyl (C=O) groups excluding carboxylic acids is 1. The topological polar surface area (TPSA) is 216 Å². The van der Waals surface area contributed by atoms with Crippen LogP contribution < -0.4 is 0 Å². The zero-order valence-corrected chi connectivity index (χ0v) is 46.5. The number of ether oxygens (including phenoxy) is 15. The third-order valence-corrected chi connectivity index (χ3v) is 21.9. The molecular weight excluding hydrogens is 1020 g/mol. The Morgan fingerprint density at radius 3 is 2.03 bits per heavy atom. The molecule has 16 fully saturated rings. The number of aliphatic hydroxyl groups is 3. The lowest BCUT2D eigenvalue weighted by Gasteiger charge is -2.50. The molecule has 0 aromatic heterocycles. The molecule has 2 unspecified atom stereocenters. The van der Waals surface area contributed by atoms with E-state index in [9.17, 15) is 20.1 Å². The van der Waals surface area contributed by atoms with Crippen LogP contribution in [0.25, 0.3) is 0 Å². The van der Waals surface area contributed by atoms with Gasteiger partial charge in [0.05, 0.1) is 129 Å². The van der Waals surface area contributed by atoms with Crippen molar-refractivity contribution in [2.24, 2.45) is 23.7 Å². The van der Waals surface area contributed by atoms with E-state index in [4.69, 9.17) is 71.1 Å². The van der Waals surface area contributed by atoms with Gasteiger partial charge in [-0.25, -0.2) is 0 Å². The molecule has 0 aliphatic carbocycles. The van der Waals surface area contributed by atoms with Gasteiger partial charge >= 0.3 is 5.97 Å². The van der Waals surface area contributed by atoms with E-state index in [-0.39, 0.29) is 146 Å². The van der Waals surface area contributed by atoms with Crippen LogP contribution in [0.4, 0.5) is 0 Å². The molecular formula is C60H86O19. The van der Waals surface area contributed by atoms with E-state index >= 15 is 0 Å². The van der Waals surface area contributed by atoms with E-state index in [2.05, 4.69) is 40.9 Å². The standard InChI is InChI=1S/C60H86O19/c1-26-13-33-7-9-37-27(2)14-35(65-37)11-12-58-23-46-54(78-58)55-56(72-46)57(79-58)53-38(69-55)10-8-34(67-53)16-48(64)73-52-31(6)51-43(68-42(52)17-39(66-33)30(26)5)19-41-45(71-51)22-60(74-41)24-47-50(77-60)29(4)21-59(76-47)20-28(3)49-44(75-59)18-40(70-49)36(63)15-32(62)25-61/h26,28-29,31-47,49-57,61-63H,2,5,7-25H2,1,3-4,6H3/t26-,28+,29+,31-,32-,33-,34-,35-,36+,37-,38-,39-,40+,41-,42+,43+,44+,45-,46+,47-,49+,50+,51+,52-,53+,54+,55+,56-,57+,58?,59-,60?/m1/s1. The molecule has 0 aromatic rings. The van der Waals surface area contributed by atoms with Crippen LogP contribution in [0.1, 0.15) is 143 Å². The minimum absolute atomic E-state index is 0.0143. The van der Waals surface area contributed by atoms with Crippen LogP contribution in [0.3, 0.4) is 0 Å². The first-order chi connectivity index (χ1) is 38.0. The molecule has 16 aliphatic heterocycles. The van der Waals surface area contributed by atoms with Crippen LogP contribution in [-0.4, -0.2) is 198 Å². The lowest BCUT2D eigenvalue weighted by atomic mass is 9.79. The zero-order chi connectivity index (χ0) is 54.0. The molecule has 16 heterocycles. The number of aliphatic hydroxyl groups excluding tert-OH is 3. The average molecular weight is 1110 g/mol. The summed E-state index contributed by atoms with van der Waals surface area (Å²) < 4.78 is 104. The van der Waals surface area contributed by atoms with Gasteiger partial charge in [0, 0.05) is 70.1 Å². The predicted octanol–water partition coefficient (Wildman–Crippen LogP) is 4.93. The lowest BCUT2D eigenvalue weighted by Crippen LogP contribution is -2.62. The first-order valence-electron chi connectivity index (χ1n) is 30.8. The van der Waals surface area contributed by atoms with Crippen molar-refractivity contribution in [2.45, 2.75) is 313 Å². The van der Waals surface area contributed by atoms with Crippen molar-refractivity contribution in [1.29, 1.82) is 0 Å². The first kappa shape index (κ1) is 54.0. The van der Waals surface area contributed by atoms with Gasteiger partial charge < -0.3 is 86.4 Å². The number of hydrogen-bond acceptors (Lipinski definition) is 19. The molecule has 12 bridgehead atoms. The molecule has 32 atom stereocenters. The number of esters is 1. The second kappa shape index (κ2) is 20.2. The lowest BCUT2D eigenvalue weighted by molar-refractivity contribution is -0.347. The maximum Gasteiger partial charge on any atom is 0.308 e. The summed E-state index contributed by atoms with van der Waals surface area (Å²) >= 11 is 0. The molecule has 79 heavy (non-hydrogen) atoms. The number of carbonyl (C=O) groups is 1. The van der Waals surface area contributed by atoms with E-state index in [1.807, 2.05) is 0 Å². The molecule has 19 nitrogen and oxygen atoms in total. The third-order valence-electron chi connectivity index (χ3n) is 21.9. The van der Waals surface area contributed by atoms with Gasteiger partial charge in [-0.1, -0.05) is 40.9 Å². The van der Waals surface area contributed by atoms with Gasteiger partial charge in [-0.2, -0.15) is 0 Å². The molecule has 440 valence electrons. The Kier molecular flexibility index (Phi) is 13.8. The Morgan fingerprint density at radius 2 is 1.18 bits per heavy atom. The van der Waals surface area contributed by atoms with E-state index in [1.165, 1.54) is 0 Å². The number of fused-ring (bicyclic) bond motifs is 10. The molecule has 16 rings (SSSR count). The Labute approximate surface area is 463 Å². The van der Waals surface area contributed by atoms with E-state index in [0.717, 1.165) is 49.7 Å². The summed E-state index contributed by atoms with van der Waals surface area (Å²) in [5, 5.41) is 30.3. The summed E-state index contributed by atoms with van der Waals surface area (Å²) in [6.45, 7) is 17.4. The van der Waals surface area contributed by atoms with Crippen LogP contribution in [-0.2, 0) is 75.8 Å². The minimum Gasteiger partial charge on any atom is -0.459 e. The van der Waals surface area contributed by atoms with Crippen LogP contribution in [0.2, 0.25) is 0 Å². The van der Waals surface area contributed by atoms with Crippen molar-refractivity contribution in [2.75, 3.05) is 6.61 Å². The normalized spacial score (nSPS) is 57.2. The Bertz CT molecular complexity index is 2340. The highest BCUT2D eigenvalue weighted by Crippen LogP contribution is 2.58. The Hall–Kier alpha value is -1.73. The summed E-state index contributed by atoms with van der Waals surface area (Å²) in [7, 11) is 0. The number of hydrogen-bond donors (Lipinski definition) is 3. The molecule has 3 spiro atoms. The van der Waals surface area contributed by atoms with Crippen molar-refractivity contribution >= 4 is 5.97 Å². The van der Waals surface area contributed by atoms with Crippen molar-refractivity contribution in [3.63, 3.8) is 0 Å². The van der Waals surface area contributed by atoms with Gasteiger partial charge in [0.1, 0.15) is 36.6 Å². The van der Waals surface area contributed by atoms with E-state index in [1.54, 1.807) is 0 Å². The molecule has 19 heteroatoms. The molecule has 0 saturated carbocycles. The third kappa shape index (κ3) is 9.43. The highest BCUT2D eigenvalue weighted by molar-refractivity contribution is 5.70. The molecule has 0 aromatic carbocycles.